The van der Waals surface area contributed by atoms with Crippen molar-refractivity contribution in [3.63, 3.8) is 0 Å². The highest BCUT2D eigenvalue weighted by Crippen LogP contribution is 2.22. The highest BCUT2D eigenvalue weighted by molar-refractivity contribution is 14.0. The zero-order valence-corrected chi connectivity index (χ0v) is 20.4. The Morgan fingerprint density at radius 3 is 2.29 bits per heavy atom. The maximum Gasteiger partial charge on any atom is 0.387 e. The van der Waals surface area contributed by atoms with E-state index in [4.69, 9.17) is 0 Å². The Balaban J connectivity index is 0.00000480. The first kappa shape index (κ1) is 26.6. The molecule has 0 atom stereocenters. The number of ether oxygens (including phenoxy) is 1. The minimum Gasteiger partial charge on any atom is -0.434 e. The van der Waals surface area contributed by atoms with Gasteiger partial charge in [-0.2, -0.15) is 8.78 Å². The molecule has 31 heavy (non-hydrogen) atoms. The summed E-state index contributed by atoms with van der Waals surface area (Å²) in [6.07, 6.45) is 0. The third-order valence-electron chi connectivity index (χ3n) is 4.31. The molecule has 0 heterocycles. The number of anilines is 1. The number of hydrogen-bond donors (Lipinski definition) is 3. The molecule has 0 aliphatic carbocycles. The summed E-state index contributed by atoms with van der Waals surface area (Å²) in [4.78, 5) is 15.9. The number of carbonyl (C=O) groups is 1. The van der Waals surface area contributed by atoms with E-state index >= 15 is 0 Å². The van der Waals surface area contributed by atoms with Crippen LogP contribution in [0.2, 0.25) is 0 Å². The van der Waals surface area contributed by atoms with E-state index in [0.717, 1.165) is 16.8 Å². The number of nitrogens with one attached hydrogen (secondary N) is 3. The van der Waals surface area contributed by atoms with Crippen LogP contribution in [0.5, 0.6) is 5.75 Å². The average molecular weight is 546 g/mol. The Morgan fingerprint density at radius 1 is 1.06 bits per heavy atom. The fourth-order valence-corrected chi connectivity index (χ4v) is 2.64. The minimum atomic E-state index is -2.88. The smallest absolute Gasteiger partial charge is 0.387 e. The number of aryl methyl sites for hydroxylation is 1. The predicted octanol–water partition coefficient (Wildman–Crippen LogP) is 4.67. The summed E-state index contributed by atoms with van der Waals surface area (Å²) in [5.74, 6) is 0.548. The fourth-order valence-electron chi connectivity index (χ4n) is 2.64. The molecule has 0 aliphatic rings. The zero-order chi connectivity index (χ0) is 22.1. The third-order valence-corrected chi connectivity index (χ3v) is 4.31. The van der Waals surface area contributed by atoms with Crippen LogP contribution in [0.1, 0.15) is 30.5 Å². The standard InChI is InChI=1S/C22H28F2N4O2.HI/c1-14(2)20(29)28-18-8-6-16(7-9-18)12-26-22(25-4)27-13-17-11-15(3)5-10-19(17)30-21(23)24;/h5-11,14,21H,12-13H2,1-4H3,(H,28,29)(H2,25,26,27);1H. The molecule has 0 bridgehead atoms. The molecule has 170 valence electrons. The Morgan fingerprint density at radius 2 is 1.71 bits per heavy atom. The molecule has 6 nitrogen and oxygen atoms in total. The van der Waals surface area contributed by atoms with E-state index < -0.39 is 6.61 Å². The van der Waals surface area contributed by atoms with Crippen LogP contribution in [0.3, 0.4) is 0 Å². The molecule has 2 rings (SSSR count). The Labute approximate surface area is 198 Å². The summed E-state index contributed by atoms with van der Waals surface area (Å²) in [7, 11) is 1.63. The van der Waals surface area contributed by atoms with Crippen LogP contribution < -0.4 is 20.7 Å². The first-order valence-electron chi connectivity index (χ1n) is 9.67. The molecular formula is C22H29F2IN4O2. The highest BCUT2D eigenvalue weighted by atomic mass is 127. The summed E-state index contributed by atoms with van der Waals surface area (Å²) >= 11 is 0. The van der Waals surface area contributed by atoms with Gasteiger partial charge in [-0.15, -0.1) is 24.0 Å². The summed E-state index contributed by atoms with van der Waals surface area (Å²) in [5.41, 5.74) is 3.30. The topological polar surface area (TPSA) is 74.8 Å². The van der Waals surface area contributed by atoms with Crippen molar-refractivity contribution in [1.82, 2.24) is 10.6 Å². The number of guanidine groups is 1. The van der Waals surface area contributed by atoms with Gasteiger partial charge >= 0.3 is 6.61 Å². The lowest BCUT2D eigenvalue weighted by Crippen LogP contribution is -2.36. The van der Waals surface area contributed by atoms with Crippen molar-refractivity contribution >= 4 is 41.5 Å². The van der Waals surface area contributed by atoms with Crippen LogP contribution in [-0.4, -0.2) is 25.5 Å². The largest absolute Gasteiger partial charge is 0.434 e. The number of aliphatic imine (C=N–C) groups is 1. The van der Waals surface area contributed by atoms with E-state index in [2.05, 4.69) is 25.7 Å². The van der Waals surface area contributed by atoms with Gasteiger partial charge in [0.05, 0.1) is 0 Å². The maximum atomic E-state index is 12.6. The number of carbonyl (C=O) groups excluding carboxylic acids is 1. The number of halogens is 3. The van der Waals surface area contributed by atoms with Crippen LogP contribution in [0.25, 0.3) is 0 Å². The molecule has 0 saturated carbocycles. The molecule has 0 aromatic heterocycles. The van der Waals surface area contributed by atoms with Crippen molar-refractivity contribution in [3.05, 3.63) is 59.2 Å². The molecule has 3 N–H and O–H groups in total. The molecule has 0 saturated heterocycles. The van der Waals surface area contributed by atoms with Crippen LogP contribution in [-0.2, 0) is 17.9 Å². The lowest BCUT2D eigenvalue weighted by Gasteiger charge is -2.15. The molecular weight excluding hydrogens is 517 g/mol. The molecule has 0 unspecified atom stereocenters. The quantitative estimate of drug-likeness (QED) is 0.256. The fraction of sp³-hybridized carbons (Fsp3) is 0.364. The lowest BCUT2D eigenvalue weighted by molar-refractivity contribution is -0.118. The molecule has 0 fully saturated rings. The van der Waals surface area contributed by atoms with Gasteiger partial charge < -0.3 is 20.7 Å². The van der Waals surface area contributed by atoms with Crippen LogP contribution in [0.4, 0.5) is 14.5 Å². The minimum absolute atomic E-state index is 0. The van der Waals surface area contributed by atoms with Gasteiger partial charge in [-0.1, -0.05) is 43.7 Å². The van der Waals surface area contributed by atoms with Crippen molar-refractivity contribution in [1.29, 1.82) is 0 Å². The van der Waals surface area contributed by atoms with Gasteiger partial charge in [0, 0.05) is 37.3 Å². The van der Waals surface area contributed by atoms with E-state index in [1.807, 2.05) is 45.0 Å². The van der Waals surface area contributed by atoms with Crippen LogP contribution in [0.15, 0.2) is 47.5 Å². The Bertz CT molecular complexity index is 874. The summed E-state index contributed by atoms with van der Waals surface area (Å²) in [6, 6.07) is 12.6. The van der Waals surface area contributed by atoms with Gasteiger partial charge in [0.2, 0.25) is 5.91 Å². The molecule has 0 aliphatic heterocycles. The molecule has 2 aromatic carbocycles. The van der Waals surface area contributed by atoms with E-state index in [1.165, 1.54) is 6.07 Å². The average Bonchev–Trinajstić information content (AvgIpc) is 2.70. The first-order valence-corrected chi connectivity index (χ1v) is 9.67. The highest BCUT2D eigenvalue weighted by Gasteiger charge is 2.11. The number of benzene rings is 2. The normalized spacial score (nSPS) is 11.2. The Kier molecular flexibility index (Phi) is 11.2. The number of alkyl halides is 2. The SMILES string of the molecule is CN=C(NCc1ccc(NC(=O)C(C)C)cc1)NCc1cc(C)ccc1OC(F)F.I. The van der Waals surface area contributed by atoms with Gasteiger partial charge in [-0.3, -0.25) is 9.79 Å². The number of nitrogens with zero attached hydrogens (tertiary/aromatic N) is 1. The Hall–Kier alpha value is -2.43. The molecule has 9 heteroatoms. The maximum absolute atomic E-state index is 12.6. The van der Waals surface area contributed by atoms with Crippen molar-refractivity contribution < 1.29 is 18.3 Å². The lowest BCUT2D eigenvalue weighted by atomic mass is 10.1. The second-order valence-corrected chi connectivity index (χ2v) is 7.11. The van der Waals surface area contributed by atoms with E-state index in [9.17, 15) is 13.6 Å². The van der Waals surface area contributed by atoms with Gasteiger partial charge in [0.25, 0.3) is 0 Å². The molecule has 1 amide bonds. The van der Waals surface area contributed by atoms with Crippen molar-refractivity contribution in [2.24, 2.45) is 10.9 Å². The van der Waals surface area contributed by atoms with Gasteiger partial charge in [0.15, 0.2) is 5.96 Å². The predicted molar refractivity (Wildman–Crippen MR) is 130 cm³/mol. The molecule has 2 aromatic rings. The molecule has 0 spiro atoms. The zero-order valence-electron chi connectivity index (χ0n) is 18.0. The third kappa shape index (κ3) is 9.07. The van der Waals surface area contributed by atoms with Crippen LogP contribution >= 0.6 is 24.0 Å². The summed E-state index contributed by atoms with van der Waals surface area (Å²) in [5, 5.41) is 9.12. The number of hydrogen-bond acceptors (Lipinski definition) is 3. The van der Waals surface area contributed by atoms with Crippen molar-refractivity contribution in [2.75, 3.05) is 12.4 Å². The number of rotatable bonds is 8. The van der Waals surface area contributed by atoms with E-state index in [1.54, 1.807) is 19.2 Å². The number of amides is 1. The van der Waals surface area contributed by atoms with E-state index in [-0.39, 0.29) is 48.1 Å². The summed E-state index contributed by atoms with van der Waals surface area (Å²) in [6.45, 7) is 3.47. The second-order valence-electron chi connectivity index (χ2n) is 7.11. The first-order chi connectivity index (χ1) is 14.3. The van der Waals surface area contributed by atoms with Gasteiger partial charge in [-0.05, 0) is 30.7 Å². The van der Waals surface area contributed by atoms with Gasteiger partial charge in [0.1, 0.15) is 5.75 Å². The summed E-state index contributed by atoms with van der Waals surface area (Å²) < 4.78 is 29.8. The van der Waals surface area contributed by atoms with Crippen molar-refractivity contribution in [2.45, 2.75) is 40.5 Å². The van der Waals surface area contributed by atoms with Crippen molar-refractivity contribution in [3.8, 4) is 5.75 Å². The van der Waals surface area contributed by atoms with Crippen LogP contribution in [0, 0.1) is 12.8 Å². The monoisotopic (exact) mass is 546 g/mol. The second kappa shape index (κ2) is 13.1. The molecule has 0 radical (unpaired) electrons. The van der Waals surface area contributed by atoms with Gasteiger partial charge in [-0.25, -0.2) is 0 Å². The van der Waals surface area contributed by atoms with E-state index in [0.29, 0.717) is 18.1 Å².